The summed E-state index contributed by atoms with van der Waals surface area (Å²) in [4.78, 5) is 12.2. The molecule has 1 N–H and O–H groups in total. The van der Waals surface area contributed by atoms with Crippen LogP contribution >= 0.6 is 11.6 Å². The smallest absolute Gasteiger partial charge is 0.488 e. The molecule has 1 aromatic carbocycles. The molecule has 1 heterocycles. The van der Waals surface area contributed by atoms with E-state index < -0.39 is 18.8 Å². The van der Waals surface area contributed by atoms with E-state index in [9.17, 15) is 22.4 Å². The number of rotatable bonds is 9. The van der Waals surface area contributed by atoms with Crippen LogP contribution in [-0.2, 0) is 15.1 Å². The molecular formula is C19H18ClF4N3O4. The van der Waals surface area contributed by atoms with E-state index in [2.05, 4.69) is 15.2 Å². The largest absolute Gasteiger partial charge is 0.522 e. The molecule has 0 radical (unpaired) electrons. The minimum absolute atomic E-state index is 0.0298. The van der Waals surface area contributed by atoms with Gasteiger partial charge in [0.1, 0.15) is 18.2 Å². The van der Waals surface area contributed by atoms with Crippen LogP contribution in [0.4, 0.5) is 17.6 Å². The van der Waals surface area contributed by atoms with E-state index in [0.717, 1.165) is 6.07 Å². The monoisotopic (exact) mass is 463 g/mol. The van der Waals surface area contributed by atoms with Crippen molar-refractivity contribution in [3.63, 3.8) is 0 Å². The summed E-state index contributed by atoms with van der Waals surface area (Å²) in [5, 5.41) is 7.13. The second kappa shape index (κ2) is 7.86. The maximum absolute atomic E-state index is 13.4. The Labute approximate surface area is 179 Å². The predicted molar refractivity (Wildman–Crippen MR) is 99.3 cm³/mol. The van der Waals surface area contributed by atoms with E-state index >= 15 is 0 Å². The molecular weight excluding hydrogens is 446 g/mol. The molecule has 0 aliphatic heterocycles. The first-order valence-corrected chi connectivity index (χ1v) is 9.74. The number of benzene rings is 1. The summed E-state index contributed by atoms with van der Waals surface area (Å²) in [7, 11) is 0. The first kappa shape index (κ1) is 21.7. The third kappa shape index (κ3) is 4.72. The van der Waals surface area contributed by atoms with Crippen molar-refractivity contribution in [2.24, 2.45) is 0 Å². The van der Waals surface area contributed by atoms with Crippen LogP contribution in [0.3, 0.4) is 0 Å². The Balaban J connectivity index is 1.20. The van der Waals surface area contributed by atoms with Crippen LogP contribution in [0.1, 0.15) is 19.3 Å². The third-order valence-electron chi connectivity index (χ3n) is 5.33. The minimum Gasteiger partial charge on any atom is -0.488 e. The van der Waals surface area contributed by atoms with E-state index in [0.29, 0.717) is 25.0 Å². The number of hydrogen-bond acceptors (Lipinski definition) is 5. The number of halogens is 5. The van der Waals surface area contributed by atoms with Crippen LogP contribution in [0, 0.1) is 5.82 Å². The van der Waals surface area contributed by atoms with Gasteiger partial charge in [0, 0.05) is 11.6 Å². The highest BCUT2D eigenvalue weighted by Crippen LogP contribution is 2.65. The molecule has 0 atom stereocenters. The van der Waals surface area contributed by atoms with Gasteiger partial charge < -0.3 is 14.8 Å². The van der Waals surface area contributed by atoms with Crippen molar-refractivity contribution in [2.45, 2.75) is 36.7 Å². The van der Waals surface area contributed by atoms with Gasteiger partial charge in [-0.25, -0.2) is 4.39 Å². The fourth-order valence-electron chi connectivity index (χ4n) is 4.11. The van der Waals surface area contributed by atoms with Gasteiger partial charge in [0.25, 0.3) is 5.91 Å². The molecule has 0 spiro atoms. The molecule has 0 unspecified atom stereocenters. The van der Waals surface area contributed by atoms with E-state index in [-0.39, 0.29) is 41.0 Å². The van der Waals surface area contributed by atoms with Gasteiger partial charge in [-0.05, 0) is 31.4 Å². The SMILES string of the molecule is O=C(COc1ccc(Cl)c(F)c1)NC12CC(n3cc(OCCOC(F)(F)F)cn3)(C1)C2. The van der Waals surface area contributed by atoms with Crippen LogP contribution in [0.5, 0.6) is 11.5 Å². The topological polar surface area (TPSA) is 74.6 Å². The summed E-state index contributed by atoms with van der Waals surface area (Å²) in [5.74, 6) is -0.401. The molecule has 3 saturated carbocycles. The second-order valence-electron chi connectivity index (χ2n) is 7.71. The lowest BCUT2D eigenvalue weighted by Gasteiger charge is -2.69. The molecule has 1 amide bonds. The van der Waals surface area contributed by atoms with Gasteiger partial charge in [0.05, 0.1) is 29.6 Å². The van der Waals surface area contributed by atoms with E-state index in [1.165, 1.54) is 18.3 Å². The van der Waals surface area contributed by atoms with Crippen LogP contribution < -0.4 is 14.8 Å². The van der Waals surface area contributed by atoms with Crippen molar-refractivity contribution in [1.82, 2.24) is 15.1 Å². The number of ether oxygens (including phenoxy) is 3. The zero-order valence-electron chi connectivity index (χ0n) is 16.0. The lowest BCUT2D eigenvalue weighted by molar-refractivity contribution is -0.325. The Morgan fingerprint density at radius 1 is 1.19 bits per heavy atom. The Hall–Kier alpha value is -2.53. The van der Waals surface area contributed by atoms with Gasteiger partial charge in [0.2, 0.25) is 0 Å². The zero-order chi connectivity index (χ0) is 22.3. The fourth-order valence-corrected chi connectivity index (χ4v) is 4.23. The average Bonchev–Trinajstić information content (AvgIpc) is 3.09. The molecule has 2 bridgehead atoms. The number of nitrogens with one attached hydrogen (secondary N) is 1. The lowest BCUT2D eigenvalue weighted by atomic mass is 9.44. The van der Waals surface area contributed by atoms with Gasteiger partial charge >= 0.3 is 6.36 Å². The zero-order valence-corrected chi connectivity index (χ0v) is 16.8. The maximum Gasteiger partial charge on any atom is 0.522 e. The average molecular weight is 464 g/mol. The first-order valence-electron chi connectivity index (χ1n) is 9.36. The van der Waals surface area contributed by atoms with Crippen molar-refractivity contribution in [3.8, 4) is 11.5 Å². The molecule has 1 aromatic heterocycles. The van der Waals surface area contributed by atoms with Crippen molar-refractivity contribution < 1.29 is 36.6 Å². The summed E-state index contributed by atoms with van der Waals surface area (Å²) >= 11 is 5.60. The highest BCUT2D eigenvalue weighted by molar-refractivity contribution is 6.30. The molecule has 168 valence electrons. The number of carbonyl (C=O) groups excluding carboxylic acids is 1. The summed E-state index contributed by atoms with van der Waals surface area (Å²) in [6.07, 6.45) is 0.363. The summed E-state index contributed by atoms with van der Waals surface area (Å²) < 4.78 is 65.1. The van der Waals surface area contributed by atoms with E-state index in [4.69, 9.17) is 21.1 Å². The number of aromatic nitrogens is 2. The first-order chi connectivity index (χ1) is 14.6. The molecule has 31 heavy (non-hydrogen) atoms. The minimum atomic E-state index is -4.69. The number of amides is 1. The van der Waals surface area contributed by atoms with Crippen molar-refractivity contribution in [1.29, 1.82) is 0 Å². The Bertz CT molecular complexity index is 962. The number of hydrogen-bond donors (Lipinski definition) is 1. The fraction of sp³-hybridized carbons (Fsp3) is 0.474. The molecule has 7 nitrogen and oxygen atoms in total. The third-order valence-corrected chi connectivity index (χ3v) is 5.64. The van der Waals surface area contributed by atoms with Gasteiger partial charge in [-0.1, -0.05) is 11.6 Å². The summed E-state index contributed by atoms with van der Waals surface area (Å²) in [5.41, 5.74) is -0.573. The number of alkyl halides is 3. The number of nitrogens with zero attached hydrogens (tertiary/aromatic N) is 2. The Morgan fingerprint density at radius 2 is 1.94 bits per heavy atom. The lowest BCUT2D eigenvalue weighted by Crippen LogP contribution is -2.79. The van der Waals surface area contributed by atoms with Crippen molar-refractivity contribution in [2.75, 3.05) is 19.8 Å². The highest BCUT2D eigenvalue weighted by atomic mass is 35.5. The number of carbonyl (C=O) groups is 1. The van der Waals surface area contributed by atoms with Crippen molar-refractivity contribution >= 4 is 17.5 Å². The van der Waals surface area contributed by atoms with Crippen molar-refractivity contribution in [3.05, 3.63) is 41.4 Å². The molecule has 3 aliphatic rings. The summed E-state index contributed by atoms with van der Waals surface area (Å²) in [6.45, 7) is -1.12. The van der Waals surface area contributed by atoms with Crippen LogP contribution in [0.2, 0.25) is 5.02 Å². The molecule has 5 rings (SSSR count). The molecule has 3 aliphatic carbocycles. The van der Waals surface area contributed by atoms with Gasteiger partial charge in [-0.15, -0.1) is 13.2 Å². The van der Waals surface area contributed by atoms with Crippen LogP contribution in [0.15, 0.2) is 30.6 Å². The van der Waals surface area contributed by atoms with Crippen LogP contribution in [0.25, 0.3) is 0 Å². The highest BCUT2D eigenvalue weighted by Gasteiger charge is 2.70. The Kier molecular flexibility index (Phi) is 5.50. The van der Waals surface area contributed by atoms with Gasteiger partial charge in [-0.2, -0.15) is 5.10 Å². The van der Waals surface area contributed by atoms with Crippen LogP contribution in [-0.4, -0.2) is 47.4 Å². The molecule has 3 fully saturated rings. The molecule has 0 saturated heterocycles. The second-order valence-corrected chi connectivity index (χ2v) is 8.12. The van der Waals surface area contributed by atoms with Gasteiger partial charge in [0.15, 0.2) is 12.4 Å². The molecule has 2 aromatic rings. The molecule has 12 heteroatoms. The maximum atomic E-state index is 13.4. The standard InChI is InChI=1S/C19H18ClF4N3O4/c20-14-2-1-12(5-15(14)21)30-8-16(28)26-17-9-18(10-17,11-17)27-7-13(6-25-27)29-3-4-31-19(22,23)24/h1-2,5-7H,3-4,8-11H2,(H,26,28). The van der Waals surface area contributed by atoms with Gasteiger partial charge in [-0.3, -0.25) is 14.2 Å². The quantitative estimate of drug-likeness (QED) is 0.455. The van der Waals surface area contributed by atoms with E-state index in [1.54, 1.807) is 10.9 Å². The predicted octanol–water partition coefficient (Wildman–Crippen LogP) is 3.42. The Morgan fingerprint density at radius 3 is 2.61 bits per heavy atom. The summed E-state index contributed by atoms with van der Waals surface area (Å²) in [6, 6.07) is 3.93. The van der Waals surface area contributed by atoms with E-state index in [1.807, 2.05) is 0 Å². The normalized spacial score (nSPS) is 24.2.